The second kappa shape index (κ2) is 7.93. The molecule has 0 saturated carbocycles. The zero-order valence-corrected chi connectivity index (χ0v) is 19.1. The predicted molar refractivity (Wildman–Crippen MR) is 138 cm³/mol. The van der Waals surface area contributed by atoms with Gasteiger partial charge in [0.15, 0.2) is 0 Å². The smallest absolute Gasteiger partial charge is 0.0358 e. The lowest BCUT2D eigenvalue weighted by molar-refractivity contribution is 1.02. The zero-order valence-electron chi connectivity index (χ0n) is 17.5. The van der Waals surface area contributed by atoms with Gasteiger partial charge in [-0.15, -0.1) is 0 Å². The topological polar surface area (TPSA) is 0 Å². The molecule has 0 nitrogen and oxygen atoms in total. The first-order chi connectivity index (χ1) is 15.8. The van der Waals surface area contributed by atoms with Crippen LogP contribution in [-0.2, 0) is 0 Å². The van der Waals surface area contributed by atoms with Crippen LogP contribution in [0.25, 0.3) is 33.4 Å². The molecule has 0 amide bonds. The molecule has 0 radical (unpaired) electrons. The molecule has 0 spiro atoms. The maximum atomic E-state index is 3.97. The van der Waals surface area contributed by atoms with Crippen molar-refractivity contribution in [1.29, 1.82) is 0 Å². The van der Waals surface area contributed by atoms with Crippen molar-refractivity contribution in [3.05, 3.63) is 142 Å². The third-order valence-electron chi connectivity index (χ3n) is 6.46. The van der Waals surface area contributed by atoms with E-state index >= 15 is 0 Å². The number of halogens is 1. The second-order valence-corrected chi connectivity index (χ2v) is 9.02. The molecule has 0 aliphatic heterocycles. The van der Waals surface area contributed by atoms with Gasteiger partial charge in [0, 0.05) is 10.4 Å². The summed E-state index contributed by atoms with van der Waals surface area (Å²) in [6.07, 6.45) is 0. The summed E-state index contributed by atoms with van der Waals surface area (Å²) in [5, 5.41) is 0. The van der Waals surface area contributed by atoms with Gasteiger partial charge in [0.1, 0.15) is 0 Å². The molecular weight excluding hydrogens is 452 g/mol. The summed E-state index contributed by atoms with van der Waals surface area (Å²) >= 11 is 3.97. The van der Waals surface area contributed by atoms with Crippen molar-refractivity contribution < 1.29 is 0 Å². The van der Waals surface area contributed by atoms with E-state index in [2.05, 4.69) is 137 Å². The van der Waals surface area contributed by atoms with Crippen LogP contribution in [0.4, 0.5) is 0 Å². The summed E-state index contributed by atoms with van der Waals surface area (Å²) in [6, 6.07) is 43.7. The molecule has 0 bridgehead atoms. The molecule has 5 aromatic rings. The number of benzene rings is 5. The van der Waals surface area contributed by atoms with E-state index in [1.54, 1.807) is 0 Å². The maximum absolute atomic E-state index is 3.97. The Hall–Kier alpha value is -3.42. The van der Waals surface area contributed by atoms with E-state index in [0.717, 1.165) is 4.47 Å². The Morgan fingerprint density at radius 1 is 0.438 bits per heavy atom. The van der Waals surface area contributed by atoms with Gasteiger partial charge in [-0.25, -0.2) is 0 Å². The molecule has 0 saturated heterocycles. The molecule has 1 heteroatoms. The Bertz CT molecular complexity index is 1420. The fourth-order valence-electron chi connectivity index (χ4n) is 5.07. The van der Waals surface area contributed by atoms with Crippen molar-refractivity contribution in [3.63, 3.8) is 0 Å². The van der Waals surface area contributed by atoms with Gasteiger partial charge in [0.2, 0.25) is 0 Å². The highest BCUT2D eigenvalue weighted by Gasteiger charge is 2.32. The van der Waals surface area contributed by atoms with Crippen LogP contribution in [0.5, 0.6) is 0 Å². The molecule has 32 heavy (non-hydrogen) atoms. The van der Waals surface area contributed by atoms with Crippen LogP contribution in [0.15, 0.2) is 126 Å². The molecule has 0 N–H and O–H groups in total. The van der Waals surface area contributed by atoms with Gasteiger partial charge in [-0.3, -0.25) is 0 Å². The molecule has 1 atom stereocenters. The molecule has 5 aromatic carbocycles. The van der Waals surface area contributed by atoms with Gasteiger partial charge in [-0.05, 0) is 66.0 Å². The van der Waals surface area contributed by atoms with E-state index in [1.165, 1.54) is 50.1 Å². The summed E-state index contributed by atoms with van der Waals surface area (Å²) in [5.74, 6) is 0.228. The Morgan fingerprint density at radius 2 is 0.969 bits per heavy atom. The van der Waals surface area contributed by atoms with Crippen LogP contribution in [0.1, 0.15) is 22.6 Å². The van der Waals surface area contributed by atoms with Gasteiger partial charge in [-0.2, -0.15) is 0 Å². The van der Waals surface area contributed by atoms with E-state index in [0.29, 0.717) is 0 Å². The number of hydrogen-bond donors (Lipinski definition) is 0. The average molecular weight is 473 g/mol. The van der Waals surface area contributed by atoms with E-state index in [1.807, 2.05) is 0 Å². The van der Waals surface area contributed by atoms with Crippen LogP contribution >= 0.6 is 15.9 Å². The highest BCUT2D eigenvalue weighted by Crippen LogP contribution is 2.52. The van der Waals surface area contributed by atoms with Crippen molar-refractivity contribution >= 4 is 15.9 Å². The van der Waals surface area contributed by atoms with Crippen molar-refractivity contribution in [2.24, 2.45) is 0 Å². The quantitative estimate of drug-likeness (QED) is 0.241. The molecule has 1 aliphatic rings. The lowest BCUT2D eigenvalue weighted by atomic mass is 9.84. The summed E-state index contributed by atoms with van der Waals surface area (Å²) < 4.78 is 1.14. The normalized spacial score (nSPS) is 14.1. The van der Waals surface area contributed by atoms with Crippen molar-refractivity contribution in [2.75, 3.05) is 0 Å². The first-order valence-corrected chi connectivity index (χ1v) is 11.7. The predicted octanol–water partition coefficient (Wildman–Crippen LogP) is 8.94. The monoisotopic (exact) mass is 472 g/mol. The first-order valence-electron chi connectivity index (χ1n) is 10.9. The molecule has 0 heterocycles. The van der Waals surface area contributed by atoms with E-state index < -0.39 is 0 Å². The van der Waals surface area contributed by atoms with Gasteiger partial charge < -0.3 is 0 Å². The fourth-order valence-corrected chi connectivity index (χ4v) is 5.77. The van der Waals surface area contributed by atoms with E-state index in [-0.39, 0.29) is 5.92 Å². The largest absolute Gasteiger partial charge is 0.0622 e. The number of rotatable bonds is 3. The highest BCUT2D eigenvalue weighted by molar-refractivity contribution is 9.10. The molecule has 0 aromatic heterocycles. The van der Waals surface area contributed by atoms with Crippen LogP contribution in [-0.4, -0.2) is 0 Å². The Labute approximate surface area is 197 Å². The van der Waals surface area contributed by atoms with Crippen molar-refractivity contribution in [1.82, 2.24) is 0 Å². The van der Waals surface area contributed by atoms with E-state index in [4.69, 9.17) is 0 Å². The van der Waals surface area contributed by atoms with Crippen molar-refractivity contribution in [2.45, 2.75) is 5.92 Å². The Balaban J connectivity index is 1.61. The van der Waals surface area contributed by atoms with Crippen molar-refractivity contribution in [3.8, 4) is 33.4 Å². The van der Waals surface area contributed by atoms with Gasteiger partial charge in [0.05, 0.1) is 0 Å². The minimum Gasteiger partial charge on any atom is -0.0622 e. The number of hydrogen-bond acceptors (Lipinski definition) is 0. The summed E-state index contributed by atoms with van der Waals surface area (Å²) in [4.78, 5) is 0. The second-order valence-electron chi connectivity index (χ2n) is 8.23. The molecule has 6 rings (SSSR count). The Kier molecular flexibility index (Phi) is 4.78. The zero-order chi connectivity index (χ0) is 21.5. The lowest BCUT2D eigenvalue weighted by Crippen LogP contribution is -2.01. The third kappa shape index (κ3) is 3.04. The molecule has 0 fully saturated rings. The minimum atomic E-state index is 0.228. The SMILES string of the molecule is Brc1c(-c2ccccc2)cccc1-c1cccc2c1C(c1ccccc1)c1ccccc1-2. The highest BCUT2D eigenvalue weighted by atomic mass is 79.9. The van der Waals surface area contributed by atoms with Crippen LogP contribution in [0, 0.1) is 0 Å². The van der Waals surface area contributed by atoms with Gasteiger partial charge in [0.25, 0.3) is 0 Å². The van der Waals surface area contributed by atoms with Crippen LogP contribution < -0.4 is 0 Å². The number of fused-ring (bicyclic) bond motifs is 3. The average Bonchev–Trinajstić information content (AvgIpc) is 3.20. The Morgan fingerprint density at radius 3 is 1.72 bits per heavy atom. The maximum Gasteiger partial charge on any atom is 0.0358 e. The lowest BCUT2D eigenvalue weighted by Gasteiger charge is -2.20. The fraction of sp³-hybridized carbons (Fsp3) is 0.0323. The minimum absolute atomic E-state index is 0.228. The van der Waals surface area contributed by atoms with Gasteiger partial charge >= 0.3 is 0 Å². The summed E-state index contributed by atoms with van der Waals surface area (Å²) in [7, 11) is 0. The molecular formula is C31H21Br. The van der Waals surface area contributed by atoms with Gasteiger partial charge in [-0.1, -0.05) is 121 Å². The molecule has 1 unspecified atom stereocenters. The molecule has 152 valence electrons. The van der Waals surface area contributed by atoms with E-state index in [9.17, 15) is 0 Å². The molecule has 1 aliphatic carbocycles. The summed E-state index contributed by atoms with van der Waals surface area (Å²) in [6.45, 7) is 0. The van der Waals surface area contributed by atoms with Crippen LogP contribution in [0.2, 0.25) is 0 Å². The van der Waals surface area contributed by atoms with Crippen LogP contribution in [0.3, 0.4) is 0 Å². The standard InChI is InChI=1S/C31H21Br/c32-31-23(21-11-3-1-4-12-21)17-9-20-28(31)27-19-10-18-26-24-15-7-8-16-25(24)29(30(26)27)22-13-5-2-6-14-22/h1-20,29H. The summed E-state index contributed by atoms with van der Waals surface area (Å²) in [5.41, 5.74) is 11.7. The third-order valence-corrected chi connectivity index (χ3v) is 7.32. The first kappa shape index (κ1) is 19.3.